The molecule has 0 atom stereocenters. The lowest BCUT2D eigenvalue weighted by molar-refractivity contribution is 1.46. The van der Waals surface area contributed by atoms with Crippen molar-refractivity contribution in [2.45, 2.75) is 6.92 Å². The molecule has 0 saturated heterocycles. The number of aryl methyl sites for hydroxylation is 1. The fraction of sp³-hybridized carbons (Fsp3) is 0.100. The second-order valence-electron chi connectivity index (χ2n) is 2.41. The monoisotopic (exact) mass is 162 g/mol. The van der Waals surface area contributed by atoms with E-state index in [1.54, 1.807) is 5.37 Å². The maximum absolute atomic E-state index is 4.67. The van der Waals surface area contributed by atoms with Crippen molar-refractivity contribution in [3.63, 3.8) is 0 Å². The molecular weight excluding hydrogens is 152 g/mol. The van der Waals surface area contributed by atoms with Gasteiger partial charge in [0.05, 0.1) is 0 Å². The fourth-order valence-corrected chi connectivity index (χ4v) is 0.907. The third-order valence-corrected chi connectivity index (χ3v) is 1.60. The van der Waals surface area contributed by atoms with E-state index >= 15 is 0 Å². The van der Waals surface area contributed by atoms with Crippen LogP contribution in [0.4, 0.5) is 0 Å². The van der Waals surface area contributed by atoms with Gasteiger partial charge in [-0.25, -0.2) is 0 Å². The minimum absolute atomic E-state index is 1.19. The minimum Gasteiger partial charge on any atom is -0.0887 e. The average Bonchev–Trinajstić information content (AvgIpc) is 2.04. The molecule has 0 aliphatic rings. The van der Waals surface area contributed by atoms with E-state index < -0.39 is 0 Å². The number of rotatable bonds is 2. The summed E-state index contributed by atoms with van der Waals surface area (Å²) in [5.41, 5.74) is 2.47. The van der Waals surface area contributed by atoms with Crippen LogP contribution in [0.25, 0.3) is 6.08 Å². The first kappa shape index (κ1) is 8.15. The topological polar surface area (TPSA) is 0 Å². The summed E-state index contributed by atoms with van der Waals surface area (Å²) < 4.78 is 0. The van der Waals surface area contributed by atoms with Crippen molar-refractivity contribution in [2.75, 3.05) is 0 Å². The zero-order valence-corrected chi connectivity index (χ0v) is 7.27. The highest BCUT2D eigenvalue weighted by molar-refractivity contribution is 7.79. The molecule has 0 N–H and O–H groups in total. The van der Waals surface area contributed by atoms with Crippen LogP contribution in [0, 0.1) is 6.92 Å². The van der Waals surface area contributed by atoms with Crippen LogP contribution in [0.2, 0.25) is 0 Å². The summed E-state index contributed by atoms with van der Waals surface area (Å²) in [6.07, 6.45) is 3.85. The second-order valence-corrected chi connectivity index (χ2v) is 2.68. The van der Waals surface area contributed by atoms with E-state index in [-0.39, 0.29) is 0 Å². The van der Waals surface area contributed by atoms with Crippen molar-refractivity contribution >= 4 is 23.7 Å². The highest BCUT2D eigenvalue weighted by Crippen LogP contribution is 2.03. The Balaban J connectivity index is 2.81. The van der Waals surface area contributed by atoms with Crippen LogP contribution in [0.5, 0.6) is 0 Å². The van der Waals surface area contributed by atoms with Crippen LogP contribution in [0.1, 0.15) is 11.1 Å². The van der Waals surface area contributed by atoms with Crippen LogP contribution in [-0.2, 0) is 0 Å². The molecule has 0 fully saturated rings. The Labute approximate surface area is 72.6 Å². The van der Waals surface area contributed by atoms with E-state index in [0.29, 0.717) is 0 Å². The molecule has 0 saturated carbocycles. The number of hydrogen-bond donors (Lipinski definition) is 0. The molecule has 0 radical (unpaired) electrons. The summed E-state index contributed by atoms with van der Waals surface area (Å²) in [4.78, 5) is 0. The van der Waals surface area contributed by atoms with Gasteiger partial charge in [0, 0.05) is 5.37 Å². The van der Waals surface area contributed by atoms with E-state index in [4.69, 9.17) is 0 Å². The Bertz CT molecular complexity index is 257. The van der Waals surface area contributed by atoms with E-state index in [9.17, 15) is 0 Å². The molecule has 1 aromatic carbocycles. The van der Waals surface area contributed by atoms with Crippen LogP contribution >= 0.6 is 12.2 Å². The minimum atomic E-state index is 1.19. The van der Waals surface area contributed by atoms with Crippen molar-refractivity contribution < 1.29 is 0 Å². The molecule has 1 heteroatoms. The summed E-state index contributed by atoms with van der Waals surface area (Å²) >= 11 is 4.67. The molecule has 0 heterocycles. The molecule has 0 nitrogen and oxygen atoms in total. The van der Waals surface area contributed by atoms with Gasteiger partial charge < -0.3 is 0 Å². The third kappa shape index (κ3) is 2.64. The highest BCUT2D eigenvalue weighted by atomic mass is 32.1. The number of allylic oxidation sites excluding steroid dienone is 1. The van der Waals surface area contributed by atoms with Gasteiger partial charge in [-0.1, -0.05) is 54.2 Å². The van der Waals surface area contributed by atoms with Gasteiger partial charge in [0.2, 0.25) is 0 Å². The van der Waals surface area contributed by atoms with Gasteiger partial charge in [-0.15, -0.1) is 0 Å². The Morgan fingerprint density at radius 1 is 1.18 bits per heavy atom. The SMILES string of the molecule is Cc1ccc(C=CC=S)cc1. The zero-order chi connectivity index (χ0) is 8.10. The molecule has 0 aliphatic carbocycles. The van der Waals surface area contributed by atoms with Crippen LogP contribution in [0.15, 0.2) is 30.3 Å². The highest BCUT2D eigenvalue weighted by Gasteiger charge is 1.83. The summed E-state index contributed by atoms with van der Waals surface area (Å²) in [6, 6.07) is 8.32. The first-order valence-corrected chi connectivity index (χ1v) is 3.98. The van der Waals surface area contributed by atoms with Gasteiger partial charge in [0.15, 0.2) is 0 Å². The number of hydrogen-bond acceptors (Lipinski definition) is 1. The van der Waals surface area contributed by atoms with Crippen molar-refractivity contribution in [2.24, 2.45) is 0 Å². The van der Waals surface area contributed by atoms with E-state index in [1.807, 2.05) is 12.2 Å². The zero-order valence-electron chi connectivity index (χ0n) is 6.45. The van der Waals surface area contributed by atoms with Crippen LogP contribution in [0.3, 0.4) is 0 Å². The van der Waals surface area contributed by atoms with Gasteiger partial charge in [-0.2, -0.15) is 0 Å². The molecule has 56 valence electrons. The molecule has 11 heavy (non-hydrogen) atoms. The lowest BCUT2D eigenvalue weighted by atomic mass is 10.1. The van der Waals surface area contributed by atoms with Gasteiger partial charge in [-0.3, -0.25) is 0 Å². The first-order valence-electron chi connectivity index (χ1n) is 3.51. The smallest absolute Gasteiger partial charge is 0.00137 e. The molecule has 0 unspecified atom stereocenters. The van der Waals surface area contributed by atoms with E-state index in [1.165, 1.54) is 11.1 Å². The Morgan fingerprint density at radius 2 is 1.82 bits per heavy atom. The van der Waals surface area contributed by atoms with Gasteiger partial charge in [0.1, 0.15) is 0 Å². The summed E-state index contributed by atoms with van der Waals surface area (Å²) in [6.45, 7) is 2.08. The predicted octanol–water partition coefficient (Wildman–Crippen LogP) is 3.01. The van der Waals surface area contributed by atoms with E-state index in [0.717, 1.165) is 0 Å². The number of benzene rings is 1. The summed E-state index contributed by atoms with van der Waals surface area (Å²) in [5, 5.41) is 1.61. The standard InChI is InChI=1S/C10H10S/c1-9-4-6-10(7-5-9)3-2-8-11/h2-8H,1H3. The molecule has 0 aliphatic heterocycles. The quantitative estimate of drug-likeness (QED) is 0.476. The molecular formula is C10H10S. The molecule has 0 aromatic heterocycles. The molecule has 1 aromatic rings. The maximum atomic E-state index is 4.67. The van der Waals surface area contributed by atoms with E-state index in [2.05, 4.69) is 43.4 Å². The van der Waals surface area contributed by atoms with Crippen molar-refractivity contribution in [1.29, 1.82) is 0 Å². The largest absolute Gasteiger partial charge is 0.0887 e. The Morgan fingerprint density at radius 3 is 2.36 bits per heavy atom. The number of thiocarbonyl (C=S) groups is 1. The fourth-order valence-electron chi connectivity index (χ4n) is 0.828. The normalized spacial score (nSPS) is 10.3. The van der Waals surface area contributed by atoms with Crippen molar-refractivity contribution in [3.8, 4) is 0 Å². The molecule has 0 bridgehead atoms. The van der Waals surface area contributed by atoms with Crippen LogP contribution < -0.4 is 0 Å². The Kier molecular flexibility index (Phi) is 2.99. The molecule has 0 amide bonds. The lowest BCUT2D eigenvalue weighted by Gasteiger charge is -1.92. The second kappa shape index (κ2) is 4.04. The third-order valence-electron chi connectivity index (χ3n) is 1.44. The molecule has 0 spiro atoms. The maximum Gasteiger partial charge on any atom is 0.00137 e. The summed E-state index contributed by atoms with van der Waals surface area (Å²) in [7, 11) is 0. The van der Waals surface area contributed by atoms with Crippen LogP contribution in [-0.4, -0.2) is 5.37 Å². The van der Waals surface area contributed by atoms with Gasteiger partial charge in [0.25, 0.3) is 0 Å². The summed E-state index contributed by atoms with van der Waals surface area (Å²) in [5.74, 6) is 0. The predicted molar refractivity (Wildman–Crippen MR) is 53.9 cm³/mol. The van der Waals surface area contributed by atoms with Gasteiger partial charge >= 0.3 is 0 Å². The Hall–Kier alpha value is -0.950. The average molecular weight is 162 g/mol. The first-order chi connectivity index (χ1) is 5.33. The van der Waals surface area contributed by atoms with Gasteiger partial charge in [-0.05, 0) is 12.5 Å². The van der Waals surface area contributed by atoms with Crippen molar-refractivity contribution in [3.05, 3.63) is 41.5 Å². The van der Waals surface area contributed by atoms with Crippen molar-refractivity contribution in [1.82, 2.24) is 0 Å². The molecule has 1 rings (SSSR count). The lowest BCUT2D eigenvalue weighted by Crippen LogP contribution is -1.72.